The molecule has 170 valence electrons. The molecule has 2 heterocycles. The summed E-state index contributed by atoms with van der Waals surface area (Å²) in [4.78, 5) is 17.0. The van der Waals surface area contributed by atoms with Gasteiger partial charge in [-0.3, -0.25) is 10.1 Å². The van der Waals surface area contributed by atoms with Crippen LogP contribution in [0.25, 0.3) is 22.2 Å². The number of aromatic amines is 1. The van der Waals surface area contributed by atoms with Gasteiger partial charge in [0.1, 0.15) is 17.4 Å². The largest absolute Gasteiger partial charge is 0.480 e. The molecular formula is C27H25N5O2. The third-order valence-corrected chi connectivity index (χ3v) is 5.85. The summed E-state index contributed by atoms with van der Waals surface area (Å²) in [7, 11) is 0. The Morgan fingerprint density at radius 1 is 0.941 bits per heavy atom. The number of carbonyl (C=O) groups is 1. The van der Waals surface area contributed by atoms with E-state index in [2.05, 4.69) is 10.3 Å². The SMILES string of the molecule is O=C(O)[C@H](Cc1c[nH]c2ccccc12)NCc1nn(Cc2ccccc2)nc1-c1ccccc1. The van der Waals surface area contributed by atoms with Gasteiger partial charge in [0.05, 0.1) is 6.54 Å². The van der Waals surface area contributed by atoms with Crippen LogP contribution in [0.5, 0.6) is 0 Å². The van der Waals surface area contributed by atoms with Crippen LogP contribution >= 0.6 is 0 Å². The maximum atomic E-state index is 12.1. The highest BCUT2D eigenvalue weighted by Gasteiger charge is 2.21. The van der Waals surface area contributed by atoms with Gasteiger partial charge >= 0.3 is 5.97 Å². The summed E-state index contributed by atoms with van der Waals surface area (Å²) < 4.78 is 0. The lowest BCUT2D eigenvalue weighted by Crippen LogP contribution is -2.38. The summed E-state index contributed by atoms with van der Waals surface area (Å²) in [6.07, 6.45) is 2.24. The number of para-hydroxylation sites is 1. The quantitative estimate of drug-likeness (QED) is 0.311. The molecule has 34 heavy (non-hydrogen) atoms. The zero-order chi connectivity index (χ0) is 23.3. The Morgan fingerprint density at radius 3 is 2.41 bits per heavy atom. The smallest absolute Gasteiger partial charge is 0.321 e. The molecule has 0 radical (unpaired) electrons. The van der Waals surface area contributed by atoms with Crippen molar-refractivity contribution >= 4 is 16.9 Å². The number of hydrogen-bond acceptors (Lipinski definition) is 4. The van der Waals surface area contributed by atoms with Crippen LogP contribution in [0, 0.1) is 0 Å². The van der Waals surface area contributed by atoms with Gasteiger partial charge in [0.2, 0.25) is 0 Å². The topological polar surface area (TPSA) is 95.8 Å². The van der Waals surface area contributed by atoms with Crippen molar-refractivity contribution in [3.8, 4) is 11.3 Å². The number of carboxylic acid groups (broad SMARTS) is 1. The predicted molar refractivity (Wildman–Crippen MR) is 131 cm³/mol. The highest BCUT2D eigenvalue weighted by molar-refractivity contribution is 5.84. The molecule has 0 amide bonds. The number of nitrogens with zero attached hydrogens (tertiary/aromatic N) is 3. The lowest BCUT2D eigenvalue weighted by Gasteiger charge is -2.13. The zero-order valence-electron chi connectivity index (χ0n) is 18.6. The fraction of sp³-hybridized carbons (Fsp3) is 0.148. The molecule has 0 fully saturated rings. The Morgan fingerprint density at radius 2 is 1.65 bits per heavy atom. The van der Waals surface area contributed by atoms with E-state index in [4.69, 9.17) is 10.2 Å². The molecule has 3 N–H and O–H groups in total. The number of rotatable bonds is 9. The molecule has 3 aromatic carbocycles. The van der Waals surface area contributed by atoms with Gasteiger partial charge in [-0.25, -0.2) is 0 Å². The Bertz CT molecular complexity index is 1390. The van der Waals surface area contributed by atoms with Gasteiger partial charge in [-0.15, -0.1) is 0 Å². The summed E-state index contributed by atoms with van der Waals surface area (Å²) in [5, 5.41) is 23.6. The Labute approximate surface area is 197 Å². The molecule has 7 nitrogen and oxygen atoms in total. The lowest BCUT2D eigenvalue weighted by atomic mass is 10.0. The summed E-state index contributed by atoms with van der Waals surface area (Å²) in [5.74, 6) is -0.900. The van der Waals surface area contributed by atoms with E-state index in [0.29, 0.717) is 25.2 Å². The molecule has 0 saturated carbocycles. The highest BCUT2D eigenvalue weighted by Crippen LogP contribution is 2.22. The minimum Gasteiger partial charge on any atom is -0.480 e. The minimum absolute atomic E-state index is 0.290. The maximum absolute atomic E-state index is 12.1. The number of carboxylic acids is 1. The van der Waals surface area contributed by atoms with E-state index in [9.17, 15) is 9.90 Å². The maximum Gasteiger partial charge on any atom is 0.321 e. The van der Waals surface area contributed by atoms with Crippen LogP contribution in [0.2, 0.25) is 0 Å². The average molecular weight is 452 g/mol. The van der Waals surface area contributed by atoms with E-state index in [1.807, 2.05) is 91.1 Å². The van der Waals surface area contributed by atoms with Crippen LogP contribution in [0.3, 0.4) is 0 Å². The molecule has 0 aliphatic rings. The van der Waals surface area contributed by atoms with E-state index in [0.717, 1.165) is 33.3 Å². The Kier molecular flexibility index (Phi) is 6.18. The van der Waals surface area contributed by atoms with Gasteiger partial charge in [0.15, 0.2) is 0 Å². The number of hydrogen-bond donors (Lipinski definition) is 3. The third kappa shape index (κ3) is 4.74. The van der Waals surface area contributed by atoms with E-state index in [1.54, 1.807) is 4.80 Å². The van der Waals surface area contributed by atoms with Gasteiger partial charge in [0.25, 0.3) is 0 Å². The second-order valence-electron chi connectivity index (χ2n) is 8.21. The predicted octanol–water partition coefficient (Wildman–Crippen LogP) is 4.26. The molecule has 2 aromatic heterocycles. The molecule has 1 atom stereocenters. The lowest BCUT2D eigenvalue weighted by molar-refractivity contribution is -0.139. The average Bonchev–Trinajstić information content (AvgIpc) is 3.46. The monoisotopic (exact) mass is 451 g/mol. The second-order valence-corrected chi connectivity index (χ2v) is 8.21. The van der Waals surface area contributed by atoms with Crippen molar-refractivity contribution in [2.45, 2.75) is 25.6 Å². The fourth-order valence-corrected chi connectivity index (χ4v) is 4.13. The molecule has 0 unspecified atom stereocenters. The van der Waals surface area contributed by atoms with Gasteiger partial charge < -0.3 is 10.1 Å². The molecule has 0 saturated heterocycles. The number of fused-ring (bicyclic) bond motifs is 1. The highest BCUT2D eigenvalue weighted by atomic mass is 16.4. The first-order valence-electron chi connectivity index (χ1n) is 11.2. The molecule has 5 rings (SSSR count). The number of nitrogens with one attached hydrogen (secondary N) is 2. The summed E-state index contributed by atoms with van der Waals surface area (Å²) >= 11 is 0. The number of aromatic nitrogens is 4. The van der Waals surface area contributed by atoms with Crippen molar-refractivity contribution in [3.63, 3.8) is 0 Å². The normalized spacial score (nSPS) is 12.1. The molecule has 5 aromatic rings. The minimum atomic E-state index is -0.900. The van der Waals surface area contributed by atoms with Gasteiger partial charge in [-0.05, 0) is 17.2 Å². The molecule has 0 bridgehead atoms. The Hall–Kier alpha value is -4.23. The van der Waals surface area contributed by atoms with Crippen molar-refractivity contribution in [1.82, 2.24) is 25.3 Å². The van der Waals surface area contributed by atoms with Crippen molar-refractivity contribution in [2.24, 2.45) is 0 Å². The van der Waals surface area contributed by atoms with Crippen LogP contribution in [-0.4, -0.2) is 37.1 Å². The summed E-state index contributed by atoms with van der Waals surface area (Å²) in [6.45, 7) is 0.830. The molecule has 0 spiro atoms. The van der Waals surface area contributed by atoms with Gasteiger partial charge in [-0.2, -0.15) is 15.0 Å². The van der Waals surface area contributed by atoms with E-state index in [-0.39, 0.29) is 0 Å². The first-order chi connectivity index (χ1) is 16.7. The van der Waals surface area contributed by atoms with E-state index < -0.39 is 12.0 Å². The van der Waals surface area contributed by atoms with Gasteiger partial charge in [-0.1, -0.05) is 78.9 Å². The number of benzene rings is 3. The van der Waals surface area contributed by atoms with Crippen molar-refractivity contribution in [1.29, 1.82) is 0 Å². The third-order valence-electron chi connectivity index (χ3n) is 5.85. The van der Waals surface area contributed by atoms with E-state index in [1.165, 1.54) is 0 Å². The molecular weight excluding hydrogens is 426 g/mol. The van der Waals surface area contributed by atoms with Crippen LogP contribution in [0.1, 0.15) is 16.8 Å². The van der Waals surface area contributed by atoms with Crippen molar-refractivity contribution in [2.75, 3.05) is 0 Å². The molecule has 0 aliphatic carbocycles. The second kappa shape index (κ2) is 9.72. The number of aliphatic carboxylic acids is 1. The summed E-state index contributed by atoms with van der Waals surface area (Å²) in [6, 6.07) is 27.0. The first-order valence-corrected chi connectivity index (χ1v) is 11.2. The van der Waals surface area contributed by atoms with Crippen LogP contribution < -0.4 is 5.32 Å². The van der Waals surface area contributed by atoms with E-state index >= 15 is 0 Å². The summed E-state index contributed by atoms with van der Waals surface area (Å²) in [5.41, 5.74) is 5.47. The standard InChI is InChI=1S/C27H25N5O2/c33-27(34)24(15-21-16-28-23-14-8-7-13-22(21)23)29-17-25-26(20-11-5-2-6-12-20)31-32(30-25)18-19-9-3-1-4-10-19/h1-14,16,24,28-29H,15,17-18H2,(H,33,34)/t24-/m0/s1. The molecule has 7 heteroatoms. The first kappa shape index (κ1) is 21.6. The Balaban J connectivity index is 1.38. The molecule has 0 aliphatic heterocycles. The van der Waals surface area contributed by atoms with Gasteiger partial charge in [0, 0.05) is 35.6 Å². The van der Waals surface area contributed by atoms with Crippen molar-refractivity contribution < 1.29 is 9.90 Å². The van der Waals surface area contributed by atoms with Crippen LogP contribution in [0.15, 0.2) is 91.1 Å². The fourth-order valence-electron chi connectivity index (χ4n) is 4.13. The van der Waals surface area contributed by atoms with Crippen LogP contribution in [0.4, 0.5) is 0 Å². The zero-order valence-corrected chi connectivity index (χ0v) is 18.6. The number of H-pyrrole nitrogens is 1. The van der Waals surface area contributed by atoms with Crippen molar-refractivity contribution in [3.05, 3.63) is 108 Å². The van der Waals surface area contributed by atoms with Crippen LogP contribution in [-0.2, 0) is 24.3 Å².